The summed E-state index contributed by atoms with van der Waals surface area (Å²) in [6, 6.07) is -0.219. The molecule has 0 spiro atoms. The number of fused-ring (bicyclic) bond motifs is 1. The van der Waals surface area contributed by atoms with E-state index < -0.39 is 60.0 Å². The van der Waals surface area contributed by atoms with Gasteiger partial charge in [-0.3, -0.25) is 9.59 Å². The number of hydrogen-bond donors (Lipinski definition) is 2. The van der Waals surface area contributed by atoms with Crippen molar-refractivity contribution in [3.63, 3.8) is 0 Å². The molecule has 13 atom stereocenters. The first-order valence-corrected chi connectivity index (χ1v) is 15.1. The van der Waals surface area contributed by atoms with Crippen LogP contribution in [0.1, 0.15) is 73.6 Å². The smallest absolute Gasteiger partial charge is 0.308 e. The third kappa shape index (κ3) is 8.24. The number of epoxide rings is 1. The molecule has 0 aromatic carbocycles. The fourth-order valence-electron chi connectivity index (χ4n) is 6.50. The molecular weight excluding hydrogens is 530 g/mol. The second kappa shape index (κ2) is 14.2. The van der Waals surface area contributed by atoms with Crippen LogP contribution in [0.2, 0.25) is 0 Å². The predicted molar refractivity (Wildman–Crippen MR) is 152 cm³/mol. The van der Waals surface area contributed by atoms with Gasteiger partial charge in [-0.05, 0) is 65.3 Å². The fourth-order valence-corrected chi connectivity index (χ4v) is 6.50. The molecule has 0 aromatic heterocycles. The van der Waals surface area contributed by atoms with Gasteiger partial charge in [-0.1, -0.05) is 27.7 Å². The third-order valence-electron chi connectivity index (χ3n) is 9.29. The molecule has 234 valence electrons. The minimum absolute atomic E-state index is 0.0707. The molecule has 0 bridgehead atoms. The lowest BCUT2D eigenvalue weighted by molar-refractivity contribution is -0.283. The first-order valence-electron chi connectivity index (χ1n) is 15.1. The standard InChI is InChI=1S/C31H51NO9/c1-9-25-20(5)29-31(6,41-29)12-10-23(34)17(2)14-21(11-13-33)28(19(4)24(35)16-26(36)39-25)40-30-27(37)22(32(7)8)15-18(3)38-30/h10,12-13,17-22,24-25,27-30,35,37H,9,11,14-16H2,1-8H3/b12-10+. The maximum absolute atomic E-state index is 13.2. The molecule has 0 aromatic rings. The van der Waals surface area contributed by atoms with Crippen molar-refractivity contribution in [2.45, 2.75) is 128 Å². The monoisotopic (exact) mass is 581 g/mol. The second-order valence-electron chi connectivity index (χ2n) is 12.9. The topological polar surface area (TPSA) is 135 Å². The van der Waals surface area contributed by atoms with Crippen molar-refractivity contribution < 1.29 is 43.5 Å². The Hall–Kier alpha value is -1.69. The Bertz CT molecular complexity index is 941. The highest BCUT2D eigenvalue weighted by atomic mass is 16.7. The van der Waals surface area contributed by atoms with Gasteiger partial charge in [-0.2, -0.15) is 0 Å². The van der Waals surface area contributed by atoms with E-state index in [4.69, 9.17) is 18.9 Å². The fraction of sp³-hybridized carbons (Fsp3) is 0.839. The molecule has 0 radical (unpaired) electrons. The van der Waals surface area contributed by atoms with Crippen molar-refractivity contribution in [3.8, 4) is 0 Å². The number of ketones is 1. The molecule has 3 aliphatic heterocycles. The highest BCUT2D eigenvalue weighted by Crippen LogP contribution is 2.45. The zero-order valence-corrected chi connectivity index (χ0v) is 25.9. The molecule has 0 amide bonds. The number of aldehydes is 1. The maximum Gasteiger partial charge on any atom is 0.308 e. The average molecular weight is 582 g/mol. The normalized spacial score (nSPS) is 45.5. The number of nitrogens with zero attached hydrogens (tertiary/aromatic N) is 1. The minimum atomic E-state index is -1.15. The molecule has 2 fully saturated rings. The summed E-state index contributed by atoms with van der Waals surface area (Å²) in [5.74, 6) is -2.32. The van der Waals surface area contributed by atoms with Crippen LogP contribution >= 0.6 is 0 Å². The molecule has 3 aliphatic rings. The van der Waals surface area contributed by atoms with Gasteiger partial charge in [-0.15, -0.1) is 0 Å². The summed E-state index contributed by atoms with van der Waals surface area (Å²) in [4.78, 5) is 40.0. The maximum atomic E-state index is 13.2. The van der Waals surface area contributed by atoms with Crippen LogP contribution in [0.5, 0.6) is 0 Å². The molecule has 3 heterocycles. The van der Waals surface area contributed by atoms with Crippen LogP contribution in [0.25, 0.3) is 0 Å². The van der Waals surface area contributed by atoms with E-state index in [9.17, 15) is 24.6 Å². The summed E-state index contributed by atoms with van der Waals surface area (Å²) in [6.45, 7) is 11.3. The van der Waals surface area contributed by atoms with E-state index in [0.717, 1.165) is 6.29 Å². The van der Waals surface area contributed by atoms with E-state index in [0.29, 0.717) is 19.3 Å². The Morgan fingerprint density at radius 2 is 1.80 bits per heavy atom. The Morgan fingerprint density at radius 1 is 1.12 bits per heavy atom. The first kappa shape index (κ1) is 33.8. The van der Waals surface area contributed by atoms with Crippen molar-refractivity contribution in [3.05, 3.63) is 12.2 Å². The summed E-state index contributed by atoms with van der Waals surface area (Å²) in [7, 11) is 3.76. The largest absolute Gasteiger partial charge is 0.462 e. The number of cyclic esters (lactones) is 1. The Labute approximate surface area is 244 Å². The van der Waals surface area contributed by atoms with Crippen LogP contribution in [0, 0.1) is 23.7 Å². The minimum Gasteiger partial charge on any atom is -0.462 e. The summed E-state index contributed by atoms with van der Waals surface area (Å²) in [5.41, 5.74) is -0.637. The van der Waals surface area contributed by atoms with E-state index in [1.165, 1.54) is 0 Å². The number of rotatable bonds is 6. The average Bonchev–Trinajstić information content (AvgIpc) is 3.60. The van der Waals surface area contributed by atoms with Crippen LogP contribution in [-0.4, -0.2) is 102 Å². The van der Waals surface area contributed by atoms with Gasteiger partial charge in [0, 0.05) is 30.2 Å². The lowest BCUT2D eigenvalue weighted by Crippen LogP contribution is -2.56. The molecule has 10 heteroatoms. The van der Waals surface area contributed by atoms with Gasteiger partial charge in [0.2, 0.25) is 0 Å². The van der Waals surface area contributed by atoms with Gasteiger partial charge < -0.3 is 38.9 Å². The molecule has 13 unspecified atom stereocenters. The van der Waals surface area contributed by atoms with E-state index >= 15 is 0 Å². The molecule has 10 nitrogen and oxygen atoms in total. The van der Waals surface area contributed by atoms with Crippen molar-refractivity contribution in [1.29, 1.82) is 0 Å². The Balaban J connectivity index is 1.95. The van der Waals surface area contributed by atoms with Crippen molar-refractivity contribution in [2.24, 2.45) is 23.7 Å². The van der Waals surface area contributed by atoms with E-state index in [2.05, 4.69) is 0 Å². The zero-order chi connectivity index (χ0) is 30.6. The highest BCUT2D eigenvalue weighted by molar-refractivity contribution is 5.91. The number of hydrogen-bond acceptors (Lipinski definition) is 10. The number of aliphatic hydroxyl groups is 2. The lowest BCUT2D eigenvalue weighted by Gasteiger charge is -2.44. The van der Waals surface area contributed by atoms with Gasteiger partial charge >= 0.3 is 5.97 Å². The molecule has 3 rings (SSSR count). The van der Waals surface area contributed by atoms with Crippen molar-refractivity contribution >= 4 is 18.0 Å². The molecule has 2 saturated heterocycles. The van der Waals surface area contributed by atoms with E-state index in [1.807, 2.05) is 53.6 Å². The Morgan fingerprint density at radius 3 is 2.41 bits per heavy atom. The van der Waals surface area contributed by atoms with Crippen molar-refractivity contribution in [2.75, 3.05) is 14.1 Å². The predicted octanol–water partition coefficient (Wildman–Crippen LogP) is 2.67. The number of carbonyl (C=O) groups is 3. The second-order valence-corrected chi connectivity index (χ2v) is 12.9. The van der Waals surface area contributed by atoms with Crippen LogP contribution in [-0.2, 0) is 33.3 Å². The number of ether oxygens (including phenoxy) is 4. The van der Waals surface area contributed by atoms with Crippen LogP contribution in [0.3, 0.4) is 0 Å². The van der Waals surface area contributed by atoms with Gasteiger partial charge in [0.25, 0.3) is 0 Å². The summed E-state index contributed by atoms with van der Waals surface area (Å²) in [6.07, 6.45) is 0.627. The number of aliphatic hydroxyl groups excluding tert-OH is 2. The number of allylic oxidation sites excluding steroid dienone is 1. The quantitative estimate of drug-likeness (QED) is 0.274. The van der Waals surface area contributed by atoms with Gasteiger partial charge in [0.05, 0.1) is 30.8 Å². The van der Waals surface area contributed by atoms with Crippen molar-refractivity contribution in [1.82, 2.24) is 4.90 Å². The summed E-state index contributed by atoms with van der Waals surface area (Å²) < 4.78 is 24.2. The summed E-state index contributed by atoms with van der Waals surface area (Å²) in [5, 5.41) is 22.4. The summed E-state index contributed by atoms with van der Waals surface area (Å²) >= 11 is 0. The number of carbonyl (C=O) groups excluding carboxylic acids is 3. The molecule has 41 heavy (non-hydrogen) atoms. The molecule has 0 aliphatic carbocycles. The molecule has 2 N–H and O–H groups in total. The third-order valence-corrected chi connectivity index (χ3v) is 9.29. The van der Waals surface area contributed by atoms with E-state index in [-0.39, 0.29) is 42.8 Å². The van der Waals surface area contributed by atoms with Gasteiger partial charge in [0.15, 0.2) is 12.1 Å². The SMILES string of the molecule is CCC1OC(=O)CC(O)C(C)C(OC2OC(C)CC(N(C)C)C2O)C(CC=O)CC(C)C(=O)/C=C/C2(C)OC2C1C. The highest BCUT2D eigenvalue weighted by Gasteiger charge is 2.55. The van der Waals surface area contributed by atoms with Crippen LogP contribution in [0.15, 0.2) is 12.2 Å². The number of esters is 1. The Kier molecular flexibility index (Phi) is 11.7. The van der Waals surface area contributed by atoms with Crippen LogP contribution in [0.4, 0.5) is 0 Å². The molecular formula is C31H51NO9. The van der Waals surface area contributed by atoms with Gasteiger partial charge in [0.1, 0.15) is 24.1 Å². The first-order chi connectivity index (χ1) is 19.2. The number of likely N-dealkylation sites (N-methyl/N-ethyl adjacent to an activating group) is 1. The lowest BCUT2D eigenvalue weighted by atomic mass is 9.79. The molecule has 0 saturated carbocycles. The van der Waals surface area contributed by atoms with Crippen LogP contribution < -0.4 is 0 Å². The van der Waals surface area contributed by atoms with Gasteiger partial charge in [-0.25, -0.2) is 0 Å². The van der Waals surface area contributed by atoms with E-state index in [1.54, 1.807) is 19.1 Å². The zero-order valence-electron chi connectivity index (χ0n) is 25.9.